The van der Waals surface area contributed by atoms with Crippen molar-refractivity contribution in [3.05, 3.63) is 95.2 Å². The molecule has 4 heteroatoms. The minimum absolute atomic E-state index is 0.215. The lowest BCUT2D eigenvalue weighted by atomic mass is 10.1. The van der Waals surface area contributed by atoms with Crippen molar-refractivity contribution in [1.29, 1.82) is 0 Å². The van der Waals surface area contributed by atoms with E-state index < -0.39 is 0 Å². The Balaban J connectivity index is 1.49. The van der Waals surface area contributed by atoms with Crippen LogP contribution in [0.15, 0.2) is 83.3 Å². The van der Waals surface area contributed by atoms with Gasteiger partial charge in [0.2, 0.25) is 5.91 Å². The molecule has 0 radical (unpaired) electrons. The summed E-state index contributed by atoms with van der Waals surface area (Å²) in [5.41, 5.74) is 2.69. The highest BCUT2D eigenvalue weighted by molar-refractivity contribution is 6.31. The molecule has 0 unspecified atom stereocenters. The molecule has 0 bridgehead atoms. The first kappa shape index (κ1) is 18.1. The Morgan fingerprint density at radius 3 is 2.68 bits per heavy atom. The van der Waals surface area contributed by atoms with Crippen LogP contribution in [-0.2, 0) is 4.79 Å². The van der Waals surface area contributed by atoms with Crippen molar-refractivity contribution in [3.63, 3.8) is 0 Å². The van der Waals surface area contributed by atoms with E-state index in [0.717, 1.165) is 27.6 Å². The van der Waals surface area contributed by atoms with Gasteiger partial charge in [-0.15, -0.1) is 0 Å². The smallest absolute Gasteiger partial charge is 0.248 e. The van der Waals surface area contributed by atoms with Crippen LogP contribution in [-0.4, -0.2) is 5.91 Å². The van der Waals surface area contributed by atoms with Gasteiger partial charge in [0.05, 0.1) is 0 Å². The van der Waals surface area contributed by atoms with Gasteiger partial charge in [-0.2, -0.15) is 0 Å². The lowest BCUT2D eigenvalue weighted by Gasteiger charge is -2.06. The molecule has 0 saturated carbocycles. The van der Waals surface area contributed by atoms with E-state index >= 15 is 0 Å². The third-order valence-electron chi connectivity index (χ3n) is 4.53. The molecular formula is C24H18ClNO2. The number of anilines is 1. The van der Waals surface area contributed by atoms with Gasteiger partial charge in [-0.3, -0.25) is 4.79 Å². The van der Waals surface area contributed by atoms with Crippen LogP contribution in [0.2, 0.25) is 5.02 Å². The largest absolute Gasteiger partial charge is 0.457 e. The summed E-state index contributed by atoms with van der Waals surface area (Å²) in [5.74, 6) is 1.09. The first-order valence-corrected chi connectivity index (χ1v) is 9.31. The van der Waals surface area contributed by atoms with E-state index in [0.29, 0.717) is 16.5 Å². The second-order valence-electron chi connectivity index (χ2n) is 6.52. The molecule has 0 saturated heterocycles. The number of hydrogen-bond acceptors (Lipinski definition) is 2. The Kier molecular flexibility index (Phi) is 5.00. The van der Waals surface area contributed by atoms with Crippen LogP contribution < -0.4 is 5.32 Å². The standard InChI is InChI=1S/C24H18ClNO2/c1-16-9-10-18(15-21(16)25)23-13-11-19(28-23)12-14-24(27)26-22-8-4-6-17-5-2-3-7-20(17)22/h2-15H,1H3,(H,26,27)/b14-12+. The summed E-state index contributed by atoms with van der Waals surface area (Å²) in [6.07, 6.45) is 3.12. The summed E-state index contributed by atoms with van der Waals surface area (Å²) < 4.78 is 5.81. The van der Waals surface area contributed by atoms with E-state index in [4.69, 9.17) is 16.0 Å². The average molecular weight is 388 g/mol. The molecule has 1 aromatic heterocycles. The lowest BCUT2D eigenvalue weighted by Crippen LogP contribution is -2.07. The quantitative estimate of drug-likeness (QED) is 0.395. The number of carbonyl (C=O) groups excluding carboxylic acids is 1. The number of halogens is 1. The second kappa shape index (κ2) is 7.75. The molecule has 28 heavy (non-hydrogen) atoms. The van der Waals surface area contributed by atoms with Crippen molar-refractivity contribution < 1.29 is 9.21 Å². The molecular weight excluding hydrogens is 370 g/mol. The van der Waals surface area contributed by atoms with Crippen LogP contribution in [0, 0.1) is 6.92 Å². The molecule has 0 fully saturated rings. The Hall–Kier alpha value is -3.30. The highest BCUT2D eigenvalue weighted by Gasteiger charge is 2.06. The van der Waals surface area contributed by atoms with Crippen molar-refractivity contribution in [2.24, 2.45) is 0 Å². The fourth-order valence-electron chi connectivity index (χ4n) is 3.01. The highest BCUT2D eigenvalue weighted by atomic mass is 35.5. The number of hydrogen-bond donors (Lipinski definition) is 1. The van der Waals surface area contributed by atoms with Gasteiger partial charge in [0.15, 0.2) is 0 Å². The van der Waals surface area contributed by atoms with Gasteiger partial charge in [-0.1, -0.05) is 60.1 Å². The van der Waals surface area contributed by atoms with Gasteiger partial charge in [0.1, 0.15) is 11.5 Å². The van der Waals surface area contributed by atoms with E-state index in [-0.39, 0.29) is 5.91 Å². The van der Waals surface area contributed by atoms with Crippen molar-refractivity contribution in [2.45, 2.75) is 6.92 Å². The lowest BCUT2D eigenvalue weighted by molar-refractivity contribution is -0.111. The number of amides is 1. The highest BCUT2D eigenvalue weighted by Crippen LogP contribution is 2.27. The topological polar surface area (TPSA) is 42.2 Å². The normalized spacial score (nSPS) is 11.2. The number of nitrogens with one attached hydrogen (secondary N) is 1. The summed E-state index contributed by atoms with van der Waals surface area (Å²) in [6.45, 7) is 1.96. The number of aryl methyl sites for hydroxylation is 1. The van der Waals surface area contributed by atoms with Gasteiger partial charge >= 0.3 is 0 Å². The molecule has 3 nitrogen and oxygen atoms in total. The molecule has 4 rings (SSSR count). The van der Waals surface area contributed by atoms with Gasteiger partial charge < -0.3 is 9.73 Å². The Morgan fingerprint density at radius 2 is 1.82 bits per heavy atom. The number of rotatable bonds is 4. The van der Waals surface area contributed by atoms with Gasteiger partial charge in [0, 0.05) is 27.7 Å². The predicted octanol–water partition coefficient (Wildman–Crippen LogP) is 6.71. The van der Waals surface area contributed by atoms with E-state index in [2.05, 4.69) is 5.32 Å². The Morgan fingerprint density at radius 1 is 1.00 bits per heavy atom. The van der Waals surface area contributed by atoms with Gasteiger partial charge in [-0.05, 0) is 48.2 Å². The summed E-state index contributed by atoms with van der Waals surface area (Å²) >= 11 is 6.18. The average Bonchev–Trinajstić information content (AvgIpc) is 3.18. The Bertz CT molecular complexity index is 1180. The van der Waals surface area contributed by atoms with Crippen LogP contribution in [0.5, 0.6) is 0 Å². The van der Waals surface area contributed by atoms with Crippen LogP contribution in [0.4, 0.5) is 5.69 Å². The van der Waals surface area contributed by atoms with Crippen molar-refractivity contribution >= 4 is 40.0 Å². The Labute approximate surface area is 168 Å². The molecule has 3 aromatic carbocycles. The molecule has 1 heterocycles. The van der Waals surface area contributed by atoms with E-state index in [9.17, 15) is 4.79 Å². The molecule has 4 aromatic rings. The first-order chi connectivity index (χ1) is 13.6. The molecule has 0 spiro atoms. The van der Waals surface area contributed by atoms with Gasteiger partial charge in [0.25, 0.3) is 0 Å². The zero-order valence-electron chi connectivity index (χ0n) is 15.3. The van der Waals surface area contributed by atoms with Crippen molar-refractivity contribution in [2.75, 3.05) is 5.32 Å². The maximum atomic E-state index is 12.3. The predicted molar refractivity (Wildman–Crippen MR) is 116 cm³/mol. The summed E-state index contributed by atoms with van der Waals surface area (Å²) in [5, 5.41) is 5.70. The minimum Gasteiger partial charge on any atom is -0.457 e. The third kappa shape index (κ3) is 3.85. The SMILES string of the molecule is Cc1ccc(-c2ccc(/C=C/C(=O)Nc3cccc4ccccc34)o2)cc1Cl. The fourth-order valence-corrected chi connectivity index (χ4v) is 3.19. The fraction of sp³-hybridized carbons (Fsp3) is 0.0417. The van der Waals surface area contributed by atoms with E-state index in [1.165, 1.54) is 6.08 Å². The molecule has 1 N–H and O–H groups in total. The first-order valence-electron chi connectivity index (χ1n) is 8.93. The molecule has 0 aliphatic carbocycles. The molecule has 0 atom stereocenters. The molecule has 1 amide bonds. The second-order valence-corrected chi connectivity index (χ2v) is 6.92. The molecule has 0 aliphatic heterocycles. The maximum absolute atomic E-state index is 12.3. The summed E-state index contributed by atoms with van der Waals surface area (Å²) in [7, 11) is 0. The monoisotopic (exact) mass is 387 g/mol. The summed E-state index contributed by atoms with van der Waals surface area (Å²) in [4.78, 5) is 12.3. The van der Waals surface area contributed by atoms with E-state index in [1.807, 2.05) is 79.7 Å². The van der Waals surface area contributed by atoms with Crippen molar-refractivity contribution in [3.8, 4) is 11.3 Å². The zero-order valence-corrected chi connectivity index (χ0v) is 16.0. The van der Waals surface area contributed by atoms with Crippen LogP contribution in [0.25, 0.3) is 28.2 Å². The van der Waals surface area contributed by atoms with Crippen molar-refractivity contribution in [1.82, 2.24) is 0 Å². The number of fused-ring (bicyclic) bond motifs is 1. The van der Waals surface area contributed by atoms with Crippen LogP contribution >= 0.6 is 11.6 Å². The zero-order chi connectivity index (χ0) is 19.5. The van der Waals surface area contributed by atoms with Crippen LogP contribution in [0.1, 0.15) is 11.3 Å². The number of furan rings is 1. The maximum Gasteiger partial charge on any atom is 0.248 e. The van der Waals surface area contributed by atoms with E-state index in [1.54, 1.807) is 6.08 Å². The molecule has 138 valence electrons. The molecule has 0 aliphatic rings. The summed E-state index contributed by atoms with van der Waals surface area (Å²) in [6, 6.07) is 23.2. The minimum atomic E-state index is -0.215. The number of carbonyl (C=O) groups is 1. The third-order valence-corrected chi connectivity index (χ3v) is 4.94. The van der Waals surface area contributed by atoms with Gasteiger partial charge in [-0.25, -0.2) is 0 Å². The number of benzene rings is 3. The van der Waals surface area contributed by atoms with Crippen LogP contribution in [0.3, 0.4) is 0 Å².